The molecule has 0 aliphatic rings. The Kier molecular flexibility index (Phi) is 3.51. The zero-order chi connectivity index (χ0) is 14.7. The molecule has 106 valence electrons. The van der Waals surface area contributed by atoms with E-state index in [9.17, 15) is 4.79 Å². The summed E-state index contributed by atoms with van der Waals surface area (Å²) in [5.41, 5.74) is 3.10. The highest BCUT2D eigenvalue weighted by Gasteiger charge is 2.11. The number of carbonyl (C=O) groups is 1. The van der Waals surface area contributed by atoms with Crippen molar-refractivity contribution in [3.05, 3.63) is 60.0 Å². The van der Waals surface area contributed by atoms with Gasteiger partial charge in [0.2, 0.25) is 0 Å². The molecule has 0 aliphatic carbocycles. The fourth-order valence-electron chi connectivity index (χ4n) is 2.04. The van der Waals surface area contributed by atoms with E-state index in [1.54, 1.807) is 16.9 Å². The Labute approximate surface area is 121 Å². The van der Waals surface area contributed by atoms with E-state index >= 15 is 0 Å². The molecule has 6 nitrogen and oxygen atoms in total. The summed E-state index contributed by atoms with van der Waals surface area (Å²) >= 11 is 0. The van der Waals surface area contributed by atoms with Gasteiger partial charge >= 0.3 is 0 Å². The Morgan fingerprint density at radius 1 is 1.29 bits per heavy atom. The summed E-state index contributed by atoms with van der Waals surface area (Å²) in [4.78, 5) is 12.1. The maximum atomic E-state index is 12.1. The number of rotatable bonds is 4. The number of hydrogen-bond acceptors (Lipinski definition) is 3. The molecule has 0 atom stereocenters. The van der Waals surface area contributed by atoms with E-state index in [0.29, 0.717) is 12.2 Å². The van der Waals surface area contributed by atoms with Crippen molar-refractivity contribution in [2.45, 2.75) is 6.54 Å². The van der Waals surface area contributed by atoms with Crippen LogP contribution in [0.15, 0.2) is 48.7 Å². The Morgan fingerprint density at radius 3 is 2.81 bits per heavy atom. The zero-order valence-electron chi connectivity index (χ0n) is 11.6. The second-order valence-corrected chi connectivity index (χ2v) is 4.66. The van der Waals surface area contributed by atoms with Crippen LogP contribution in [0, 0.1) is 0 Å². The van der Waals surface area contributed by atoms with Gasteiger partial charge in [-0.2, -0.15) is 10.2 Å². The number of benzene rings is 1. The number of amides is 1. The maximum absolute atomic E-state index is 12.1. The molecule has 3 rings (SSSR count). The third kappa shape index (κ3) is 2.84. The van der Waals surface area contributed by atoms with Crippen molar-refractivity contribution in [1.29, 1.82) is 0 Å². The molecule has 21 heavy (non-hydrogen) atoms. The van der Waals surface area contributed by atoms with Gasteiger partial charge in [-0.15, -0.1) is 0 Å². The van der Waals surface area contributed by atoms with Crippen molar-refractivity contribution in [3.63, 3.8) is 0 Å². The van der Waals surface area contributed by atoms with Gasteiger partial charge < -0.3 is 5.32 Å². The highest BCUT2D eigenvalue weighted by molar-refractivity contribution is 5.93. The Morgan fingerprint density at radius 2 is 2.10 bits per heavy atom. The molecule has 6 heteroatoms. The molecule has 3 aromatic rings. The molecule has 0 saturated carbocycles. The molecule has 1 amide bonds. The number of hydrogen-bond donors (Lipinski definition) is 2. The molecule has 0 radical (unpaired) electrons. The standard InChI is InChI=1S/C15H15N5O/c1-20-12(7-8-17-20)10-16-15(21)14-9-13(18-19-14)11-5-3-2-4-6-11/h2-9H,10H2,1H3,(H,16,21)(H,18,19). The summed E-state index contributed by atoms with van der Waals surface area (Å²) in [5, 5.41) is 13.8. The Hall–Kier alpha value is -2.89. The first-order valence-electron chi connectivity index (χ1n) is 6.60. The average molecular weight is 281 g/mol. The molecule has 1 aromatic carbocycles. The lowest BCUT2D eigenvalue weighted by Gasteiger charge is -2.03. The largest absolute Gasteiger partial charge is 0.345 e. The molecule has 0 spiro atoms. The first kappa shape index (κ1) is 13.1. The molecule has 0 fully saturated rings. The molecule has 2 N–H and O–H groups in total. The fourth-order valence-corrected chi connectivity index (χ4v) is 2.04. The van der Waals surface area contributed by atoms with Crippen LogP contribution in [-0.2, 0) is 13.6 Å². The van der Waals surface area contributed by atoms with E-state index in [0.717, 1.165) is 17.0 Å². The number of nitrogens with zero attached hydrogens (tertiary/aromatic N) is 3. The van der Waals surface area contributed by atoms with Crippen molar-refractivity contribution < 1.29 is 4.79 Å². The molecule has 0 aliphatic heterocycles. The molecular formula is C15H15N5O. The molecule has 0 unspecified atom stereocenters. The van der Waals surface area contributed by atoms with E-state index in [4.69, 9.17) is 0 Å². The minimum atomic E-state index is -0.189. The van der Waals surface area contributed by atoms with Crippen LogP contribution in [0.2, 0.25) is 0 Å². The second kappa shape index (κ2) is 5.62. The first-order valence-corrected chi connectivity index (χ1v) is 6.60. The van der Waals surface area contributed by atoms with Crippen molar-refractivity contribution in [1.82, 2.24) is 25.3 Å². The van der Waals surface area contributed by atoms with Gasteiger partial charge in [-0.3, -0.25) is 14.6 Å². The van der Waals surface area contributed by atoms with E-state index in [1.165, 1.54) is 0 Å². The third-order valence-corrected chi connectivity index (χ3v) is 3.24. The summed E-state index contributed by atoms with van der Waals surface area (Å²) in [6.07, 6.45) is 1.70. The van der Waals surface area contributed by atoms with Gasteiger partial charge in [-0.1, -0.05) is 30.3 Å². The van der Waals surface area contributed by atoms with Gasteiger partial charge in [-0.25, -0.2) is 0 Å². The first-order chi connectivity index (χ1) is 10.2. The smallest absolute Gasteiger partial charge is 0.269 e. The van der Waals surface area contributed by atoms with Crippen LogP contribution >= 0.6 is 0 Å². The van der Waals surface area contributed by atoms with E-state index in [-0.39, 0.29) is 5.91 Å². The van der Waals surface area contributed by atoms with Crippen molar-refractivity contribution in [2.75, 3.05) is 0 Å². The van der Waals surface area contributed by atoms with Crippen LogP contribution < -0.4 is 5.32 Å². The molecule has 2 heterocycles. The number of nitrogens with one attached hydrogen (secondary N) is 2. The number of aromatic nitrogens is 4. The topological polar surface area (TPSA) is 75.6 Å². The highest BCUT2D eigenvalue weighted by Crippen LogP contribution is 2.16. The maximum Gasteiger partial charge on any atom is 0.269 e. The van der Waals surface area contributed by atoms with Gasteiger partial charge in [-0.05, 0) is 12.1 Å². The lowest BCUT2D eigenvalue weighted by Crippen LogP contribution is -2.24. The van der Waals surface area contributed by atoms with Crippen LogP contribution in [0.1, 0.15) is 16.2 Å². The zero-order valence-corrected chi connectivity index (χ0v) is 11.6. The number of aryl methyl sites for hydroxylation is 1. The van der Waals surface area contributed by atoms with Gasteiger partial charge in [0.15, 0.2) is 0 Å². The molecule has 0 bridgehead atoms. The van der Waals surface area contributed by atoms with E-state index in [1.807, 2.05) is 43.4 Å². The van der Waals surface area contributed by atoms with Gasteiger partial charge in [0.25, 0.3) is 5.91 Å². The summed E-state index contributed by atoms with van der Waals surface area (Å²) in [6, 6.07) is 13.3. The predicted molar refractivity (Wildman–Crippen MR) is 78.4 cm³/mol. The summed E-state index contributed by atoms with van der Waals surface area (Å²) < 4.78 is 1.72. The highest BCUT2D eigenvalue weighted by atomic mass is 16.1. The Bertz CT molecular complexity index is 744. The average Bonchev–Trinajstić information content (AvgIpc) is 3.15. The van der Waals surface area contributed by atoms with Gasteiger partial charge in [0, 0.05) is 18.8 Å². The molecular weight excluding hydrogens is 266 g/mol. The lowest BCUT2D eigenvalue weighted by atomic mass is 10.1. The van der Waals surface area contributed by atoms with Crippen molar-refractivity contribution in [3.8, 4) is 11.3 Å². The van der Waals surface area contributed by atoms with Crippen LogP contribution in [0.4, 0.5) is 0 Å². The third-order valence-electron chi connectivity index (χ3n) is 3.24. The minimum Gasteiger partial charge on any atom is -0.345 e. The summed E-state index contributed by atoms with van der Waals surface area (Å²) in [6.45, 7) is 0.426. The fraction of sp³-hybridized carbons (Fsp3) is 0.133. The van der Waals surface area contributed by atoms with Crippen molar-refractivity contribution in [2.24, 2.45) is 7.05 Å². The SMILES string of the molecule is Cn1nccc1CNC(=O)c1cc(-c2ccccc2)n[nH]1. The summed E-state index contributed by atoms with van der Waals surface area (Å²) in [5.74, 6) is -0.189. The monoisotopic (exact) mass is 281 g/mol. The quantitative estimate of drug-likeness (QED) is 0.765. The van der Waals surface area contributed by atoms with Crippen LogP contribution in [0.25, 0.3) is 11.3 Å². The molecule has 0 saturated heterocycles. The number of carbonyl (C=O) groups excluding carboxylic acids is 1. The van der Waals surface area contributed by atoms with Crippen molar-refractivity contribution >= 4 is 5.91 Å². The van der Waals surface area contributed by atoms with E-state index < -0.39 is 0 Å². The number of H-pyrrole nitrogens is 1. The summed E-state index contributed by atoms with van der Waals surface area (Å²) in [7, 11) is 1.84. The minimum absolute atomic E-state index is 0.189. The van der Waals surface area contributed by atoms with Gasteiger partial charge in [0.1, 0.15) is 5.69 Å². The van der Waals surface area contributed by atoms with Crippen LogP contribution in [0.3, 0.4) is 0 Å². The van der Waals surface area contributed by atoms with Gasteiger partial charge in [0.05, 0.1) is 17.9 Å². The predicted octanol–water partition coefficient (Wildman–Crippen LogP) is 1.74. The van der Waals surface area contributed by atoms with E-state index in [2.05, 4.69) is 20.6 Å². The second-order valence-electron chi connectivity index (χ2n) is 4.66. The normalized spacial score (nSPS) is 10.5. The molecule has 2 aromatic heterocycles. The van der Waals surface area contributed by atoms with Crippen LogP contribution in [-0.4, -0.2) is 25.9 Å². The lowest BCUT2D eigenvalue weighted by molar-refractivity contribution is 0.0945. The Balaban J connectivity index is 1.69. The number of aromatic amines is 1. The van der Waals surface area contributed by atoms with Crippen LogP contribution in [0.5, 0.6) is 0 Å².